The molecule has 94 valence electrons. The second-order valence-electron chi connectivity index (χ2n) is 3.45. The highest BCUT2D eigenvalue weighted by Gasteiger charge is 2.31. The molecule has 1 aromatic carbocycles. The first kappa shape index (κ1) is 13.8. The van der Waals surface area contributed by atoms with Crippen molar-refractivity contribution in [2.75, 3.05) is 0 Å². The summed E-state index contributed by atoms with van der Waals surface area (Å²) >= 11 is 5.68. The molecular weight excluding hydrogens is 259 g/mol. The van der Waals surface area contributed by atoms with Crippen molar-refractivity contribution >= 4 is 17.6 Å². The molecule has 0 aliphatic heterocycles. The quantitative estimate of drug-likeness (QED) is 0.883. The molecule has 0 unspecified atom stereocenters. The summed E-state index contributed by atoms with van der Waals surface area (Å²) in [4.78, 5) is 10.5. The van der Waals surface area contributed by atoms with Crippen molar-refractivity contribution in [1.29, 1.82) is 0 Å². The Labute approximate surface area is 100.0 Å². The zero-order valence-electron chi connectivity index (χ0n) is 8.46. The number of carboxylic acid groups (broad SMARTS) is 1. The summed E-state index contributed by atoms with van der Waals surface area (Å²) in [7, 11) is 0. The van der Waals surface area contributed by atoms with Gasteiger partial charge >= 0.3 is 12.1 Å². The van der Waals surface area contributed by atoms with E-state index in [2.05, 4.69) is 0 Å². The molecule has 0 spiro atoms. The van der Waals surface area contributed by atoms with Crippen LogP contribution in [0.4, 0.5) is 13.2 Å². The van der Waals surface area contributed by atoms with E-state index in [-0.39, 0.29) is 17.0 Å². The fraction of sp³-hybridized carbons (Fsp3) is 0.300. The number of benzene rings is 1. The summed E-state index contributed by atoms with van der Waals surface area (Å²) in [5.41, 5.74) is 4.42. The molecule has 1 atom stereocenters. The van der Waals surface area contributed by atoms with Gasteiger partial charge in [0.15, 0.2) is 0 Å². The van der Waals surface area contributed by atoms with Gasteiger partial charge in [0.25, 0.3) is 0 Å². The number of hydrogen-bond donors (Lipinski definition) is 2. The first-order chi connectivity index (χ1) is 7.71. The molecule has 0 saturated carbocycles. The van der Waals surface area contributed by atoms with Gasteiger partial charge in [-0.1, -0.05) is 11.6 Å². The Bertz CT molecular complexity index is 434. The summed E-state index contributed by atoms with van der Waals surface area (Å²) in [5.74, 6) is -1.29. The number of hydrogen-bond acceptors (Lipinski definition) is 2. The lowest BCUT2D eigenvalue weighted by atomic mass is 10.0. The molecule has 0 saturated heterocycles. The molecule has 0 aromatic heterocycles. The number of nitrogens with two attached hydrogens (primary N) is 1. The average molecular weight is 268 g/mol. The minimum atomic E-state index is -4.49. The molecule has 0 fully saturated rings. The Morgan fingerprint density at radius 2 is 2.06 bits per heavy atom. The number of alkyl halides is 3. The van der Waals surface area contributed by atoms with E-state index in [1.54, 1.807) is 0 Å². The van der Waals surface area contributed by atoms with Gasteiger partial charge in [0, 0.05) is 5.02 Å². The minimum Gasteiger partial charge on any atom is -0.480 e. The van der Waals surface area contributed by atoms with E-state index in [0.29, 0.717) is 0 Å². The van der Waals surface area contributed by atoms with Crippen LogP contribution in [-0.2, 0) is 17.4 Å². The summed E-state index contributed by atoms with van der Waals surface area (Å²) in [6.07, 6.45) is -4.75. The van der Waals surface area contributed by atoms with Crippen LogP contribution in [0.2, 0.25) is 5.02 Å². The SMILES string of the molecule is N[C@H](Cc1cc(C(F)(F)F)ccc1Cl)C(=O)O. The molecule has 0 aliphatic carbocycles. The summed E-state index contributed by atoms with van der Waals surface area (Å²) in [6, 6.07) is 1.44. The highest BCUT2D eigenvalue weighted by molar-refractivity contribution is 6.31. The monoisotopic (exact) mass is 267 g/mol. The maximum Gasteiger partial charge on any atom is 0.416 e. The molecule has 0 amide bonds. The number of carboxylic acids is 1. The van der Waals surface area contributed by atoms with E-state index in [1.807, 2.05) is 0 Å². The maximum absolute atomic E-state index is 12.4. The van der Waals surface area contributed by atoms with Crippen LogP contribution in [0.5, 0.6) is 0 Å². The van der Waals surface area contributed by atoms with Crippen molar-refractivity contribution < 1.29 is 23.1 Å². The van der Waals surface area contributed by atoms with Crippen LogP contribution in [0.25, 0.3) is 0 Å². The van der Waals surface area contributed by atoms with E-state index in [4.69, 9.17) is 22.4 Å². The highest BCUT2D eigenvalue weighted by atomic mass is 35.5. The van der Waals surface area contributed by atoms with E-state index >= 15 is 0 Å². The molecular formula is C10H9ClF3NO2. The smallest absolute Gasteiger partial charge is 0.416 e. The lowest BCUT2D eigenvalue weighted by molar-refractivity contribution is -0.138. The van der Waals surface area contributed by atoms with Gasteiger partial charge in [-0.25, -0.2) is 0 Å². The van der Waals surface area contributed by atoms with E-state index in [9.17, 15) is 18.0 Å². The number of aliphatic carboxylic acids is 1. The zero-order chi connectivity index (χ0) is 13.2. The first-order valence-electron chi connectivity index (χ1n) is 4.56. The van der Waals surface area contributed by atoms with Gasteiger partial charge in [-0.15, -0.1) is 0 Å². The predicted octanol–water partition coefficient (Wildman–Crippen LogP) is 2.31. The third-order valence-corrected chi connectivity index (χ3v) is 2.50. The van der Waals surface area contributed by atoms with Crippen LogP contribution >= 0.6 is 11.6 Å². The van der Waals surface area contributed by atoms with Crippen LogP contribution in [0.1, 0.15) is 11.1 Å². The average Bonchev–Trinajstić information content (AvgIpc) is 2.19. The Morgan fingerprint density at radius 1 is 1.47 bits per heavy atom. The largest absolute Gasteiger partial charge is 0.480 e. The third-order valence-electron chi connectivity index (χ3n) is 2.13. The van der Waals surface area contributed by atoms with Gasteiger partial charge in [0.2, 0.25) is 0 Å². The van der Waals surface area contributed by atoms with Crippen molar-refractivity contribution in [3.8, 4) is 0 Å². The first-order valence-corrected chi connectivity index (χ1v) is 4.93. The van der Waals surface area contributed by atoms with Gasteiger partial charge in [0.1, 0.15) is 6.04 Å². The number of halogens is 4. The molecule has 7 heteroatoms. The molecule has 0 heterocycles. The Hall–Kier alpha value is -1.27. The van der Waals surface area contributed by atoms with E-state index in [1.165, 1.54) is 0 Å². The lowest BCUT2D eigenvalue weighted by Crippen LogP contribution is -2.32. The van der Waals surface area contributed by atoms with Gasteiger partial charge in [-0.2, -0.15) is 13.2 Å². The Balaban J connectivity index is 3.03. The summed E-state index contributed by atoms with van der Waals surface area (Å²) in [6.45, 7) is 0. The predicted molar refractivity (Wildman–Crippen MR) is 55.8 cm³/mol. The summed E-state index contributed by atoms with van der Waals surface area (Å²) < 4.78 is 37.2. The number of carbonyl (C=O) groups is 1. The van der Waals surface area contributed by atoms with Crippen molar-refractivity contribution in [3.05, 3.63) is 34.3 Å². The van der Waals surface area contributed by atoms with Crippen molar-refractivity contribution in [2.24, 2.45) is 5.73 Å². The molecule has 17 heavy (non-hydrogen) atoms. The van der Waals surface area contributed by atoms with Crippen molar-refractivity contribution in [2.45, 2.75) is 18.6 Å². The van der Waals surface area contributed by atoms with Gasteiger partial charge in [-0.3, -0.25) is 4.79 Å². The molecule has 0 radical (unpaired) electrons. The Kier molecular flexibility index (Phi) is 4.00. The Morgan fingerprint density at radius 3 is 2.53 bits per heavy atom. The fourth-order valence-corrected chi connectivity index (χ4v) is 1.43. The zero-order valence-corrected chi connectivity index (χ0v) is 9.22. The fourth-order valence-electron chi connectivity index (χ4n) is 1.23. The van der Waals surface area contributed by atoms with Crippen LogP contribution < -0.4 is 5.73 Å². The van der Waals surface area contributed by atoms with E-state index in [0.717, 1.165) is 18.2 Å². The van der Waals surface area contributed by atoms with Gasteiger partial charge in [0.05, 0.1) is 5.56 Å². The van der Waals surface area contributed by atoms with Crippen LogP contribution in [0.3, 0.4) is 0 Å². The molecule has 0 bridgehead atoms. The second kappa shape index (κ2) is 4.93. The van der Waals surface area contributed by atoms with Crippen LogP contribution in [-0.4, -0.2) is 17.1 Å². The van der Waals surface area contributed by atoms with Crippen LogP contribution in [0.15, 0.2) is 18.2 Å². The van der Waals surface area contributed by atoms with Crippen LogP contribution in [0, 0.1) is 0 Å². The maximum atomic E-state index is 12.4. The third kappa shape index (κ3) is 3.61. The highest BCUT2D eigenvalue weighted by Crippen LogP contribution is 2.32. The summed E-state index contributed by atoms with van der Waals surface area (Å²) in [5, 5.41) is 8.64. The number of rotatable bonds is 3. The van der Waals surface area contributed by atoms with E-state index < -0.39 is 23.8 Å². The van der Waals surface area contributed by atoms with Crippen molar-refractivity contribution in [1.82, 2.24) is 0 Å². The minimum absolute atomic E-state index is 0.0645. The second-order valence-corrected chi connectivity index (χ2v) is 3.86. The molecule has 1 aromatic rings. The molecule has 3 N–H and O–H groups in total. The molecule has 3 nitrogen and oxygen atoms in total. The molecule has 1 rings (SSSR count). The lowest BCUT2D eigenvalue weighted by Gasteiger charge is -2.12. The topological polar surface area (TPSA) is 63.3 Å². The van der Waals surface area contributed by atoms with Crippen molar-refractivity contribution in [3.63, 3.8) is 0 Å². The molecule has 0 aliphatic rings. The van der Waals surface area contributed by atoms with Gasteiger partial charge < -0.3 is 10.8 Å². The van der Waals surface area contributed by atoms with Gasteiger partial charge in [-0.05, 0) is 30.2 Å². The normalized spacial score (nSPS) is 13.5. The standard InChI is InChI=1S/C10H9ClF3NO2/c11-7-2-1-6(10(12,13)14)3-5(7)4-8(15)9(16)17/h1-3,8H,4,15H2,(H,16,17)/t8-/m1/s1.